The Labute approximate surface area is 98.9 Å². The first-order valence-electron chi connectivity index (χ1n) is 5.65. The number of nitrogens with one attached hydrogen (secondary N) is 1. The summed E-state index contributed by atoms with van der Waals surface area (Å²) in [5.74, 6) is -1.15. The molecule has 6 heteroatoms. The van der Waals surface area contributed by atoms with Crippen molar-refractivity contribution < 1.29 is 18.0 Å². The maximum absolute atomic E-state index is 12.6. The largest absolute Gasteiger partial charge is 0.415 e. The predicted octanol–water partition coefficient (Wildman–Crippen LogP) is 1.96. The number of halogens is 3. The van der Waals surface area contributed by atoms with E-state index in [0.717, 1.165) is 12.8 Å². The van der Waals surface area contributed by atoms with Crippen molar-refractivity contribution in [1.82, 2.24) is 5.32 Å². The molecule has 2 atom stereocenters. The Kier molecular flexibility index (Phi) is 3.49. The Hall–Kier alpha value is -0.780. The second-order valence-electron chi connectivity index (χ2n) is 5.61. The highest BCUT2D eigenvalue weighted by atomic mass is 19.4. The average Bonchev–Trinajstić information content (AvgIpc) is 2.43. The number of rotatable bonds is 2. The molecule has 0 aromatic carbocycles. The van der Waals surface area contributed by atoms with Crippen LogP contribution in [0.5, 0.6) is 0 Å². The number of hydrogen-bond acceptors (Lipinski definition) is 2. The minimum Gasteiger partial charge on any atom is -0.351 e. The van der Waals surface area contributed by atoms with Gasteiger partial charge in [0.1, 0.15) is 0 Å². The molecule has 3 nitrogen and oxygen atoms in total. The van der Waals surface area contributed by atoms with Gasteiger partial charge in [0, 0.05) is 6.04 Å². The SMILES string of the molecule is CC1(C)CCCC1NC(=O)C(C)(N)C(F)(F)F. The summed E-state index contributed by atoms with van der Waals surface area (Å²) < 4.78 is 37.7. The lowest BCUT2D eigenvalue weighted by atomic mass is 9.86. The Morgan fingerprint density at radius 1 is 1.41 bits per heavy atom. The highest BCUT2D eigenvalue weighted by Gasteiger charge is 2.54. The maximum Gasteiger partial charge on any atom is 0.415 e. The fraction of sp³-hybridized carbons (Fsp3) is 0.909. The van der Waals surface area contributed by atoms with Gasteiger partial charge < -0.3 is 11.1 Å². The third-order valence-corrected chi connectivity index (χ3v) is 3.62. The van der Waals surface area contributed by atoms with Crippen molar-refractivity contribution in [2.24, 2.45) is 11.1 Å². The van der Waals surface area contributed by atoms with Crippen LogP contribution in [0.25, 0.3) is 0 Å². The van der Waals surface area contributed by atoms with Gasteiger partial charge in [0.2, 0.25) is 5.91 Å². The summed E-state index contributed by atoms with van der Waals surface area (Å²) >= 11 is 0. The van der Waals surface area contributed by atoms with Crippen LogP contribution >= 0.6 is 0 Å². The first-order valence-corrected chi connectivity index (χ1v) is 5.65. The lowest BCUT2D eigenvalue weighted by molar-refractivity contribution is -0.188. The van der Waals surface area contributed by atoms with Gasteiger partial charge in [0.05, 0.1) is 0 Å². The Morgan fingerprint density at radius 3 is 2.29 bits per heavy atom. The van der Waals surface area contributed by atoms with Gasteiger partial charge in [-0.15, -0.1) is 0 Å². The summed E-state index contributed by atoms with van der Waals surface area (Å²) in [6.07, 6.45) is -2.23. The van der Waals surface area contributed by atoms with E-state index in [1.807, 2.05) is 13.8 Å². The molecule has 1 saturated carbocycles. The van der Waals surface area contributed by atoms with Crippen LogP contribution in [-0.4, -0.2) is 23.7 Å². The molecule has 0 aromatic heterocycles. The smallest absolute Gasteiger partial charge is 0.351 e. The van der Waals surface area contributed by atoms with Crippen molar-refractivity contribution in [2.75, 3.05) is 0 Å². The number of hydrogen-bond donors (Lipinski definition) is 2. The molecule has 1 aliphatic rings. The van der Waals surface area contributed by atoms with E-state index in [0.29, 0.717) is 13.3 Å². The zero-order chi connectivity index (χ0) is 13.5. The molecule has 17 heavy (non-hydrogen) atoms. The molecule has 1 fully saturated rings. The number of nitrogens with two attached hydrogens (primary N) is 1. The lowest BCUT2D eigenvalue weighted by Gasteiger charge is -2.32. The molecule has 0 heterocycles. The van der Waals surface area contributed by atoms with Crippen molar-refractivity contribution in [3.63, 3.8) is 0 Å². The highest BCUT2D eigenvalue weighted by Crippen LogP contribution is 2.38. The van der Waals surface area contributed by atoms with Crippen molar-refractivity contribution in [3.05, 3.63) is 0 Å². The van der Waals surface area contributed by atoms with E-state index < -0.39 is 17.6 Å². The molecule has 0 bridgehead atoms. The van der Waals surface area contributed by atoms with Gasteiger partial charge in [-0.3, -0.25) is 4.79 Å². The molecule has 0 aromatic rings. The molecule has 0 aliphatic heterocycles. The van der Waals surface area contributed by atoms with Crippen molar-refractivity contribution in [2.45, 2.75) is 57.8 Å². The topological polar surface area (TPSA) is 55.1 Å². The van der Waals surface area contributed by atoms with Crippen molar-refractivity contribution >= 4 is 5.91 Å². The van der Waals surface area contributed by atoms with Gasteiger partial charge in [0.15, 0.2) is 5.54 Å². The van der Waals surface area contributed by atoms with Crippen LogP contribution in [0, 0.1) is 5.41 Å². The van der Waals surface area contributed by atoms with Crippen LogP contribution < -0.4 is 11.1 Å². The first kappa shape index (κ1) is 14.3. The molecule has 1 rings (SSSR count). The summed E-state index contributed by atoms with van der Waals surface area (Å²) in [5, 5.41) is 2.43. The fourth-order valence-electron chi connectivity index (χ4n) is 2.03. The molecule has 100 valence electrons. The van der Waals surface area contributed by atoms with Crippen LogP contribution in [0.2, 0.25) is 0 Å². The number of amides is 1. The molecule has 1 amide bonds. The van der Waals surface area contributed by atoms with Gasteiger partial charge in [-0.05, 0) is 25.2 Å². The Bertz CT molecular complexity index is 310. The maximum atomic E-state index is 12.6. The highest BCUT2D eigenvalue weighted by molar-refractivity contribution is 5.86. The molecule has 3 N–H and O–H groups in total. The summed E-state index contributed by atoms with van der Waals surface area (Å²) in [7, 11) is 0. The van der Waals surface area contributed by atoms with Crippen LogP contribution in [0.15, 0.2) is 0 Å². The summed E-state index contributed by atoms with van der Waals surface area (Å²) in [6.45, 7) is 4.57. The normalized spacial score (nSPS) is 27.6. The molecule has 0 spiro atoms. The van der Waals surface area contributed by atoms with Crippen LogP contribution in [0.4, 0.5) is 13.2 Å². The third-order valence-electron chi connectivity index (χ3n) is 3.62. The fourth-order valence-corrected chi connectivity index (χ4v) is 2.03. The quantitative estimate of drug-likeness (QED) is 0.789. The molecular weight excluding hydrogens is 233 g/mol. The van der Waals surface area contributed by atoms with E-state index in [4.69, 9.17) is 5.73 Å². The summed E-state index contributed by atoms with van der Waals surface area (Å²) in [6, 6.07) is -0.236. The molecule has 0 saturated heterocycles. The second-order valence-corrected chi connectivity index (χ2v) is 5.61. The van der Waals surface area contributed by atoms with Crippen LogP contribution in [0.1, 0.15) is 40.0 Å². The van der Waals surface area contributed by atoms with Gasteiger partial charge in [-0.1, -0.05) is 20.3 Å². The summed E-state index contributed by atoms with van der Waals surface area (Å²) in [4.78, 5) is 11.6. The van der Waals surface area contributed by atoms with E-state index >= 15 is 0 Å². The van der Waals surface area contributed by atoms with E-state index in [9.17, 15) is 18.0 Å². The zero-order valence-electron chi connectivity index (χ0n) is 10.3. The Morgan fingerprint density at radius 2 is 1.94 bits per heavy atom. The standard InChI is InChI=1S/C11H19F3N2O/c1-9(2)6-4-5-7(9)16-8(17)10(3,15)11(12,13)14/h7H,4-6,15H2,1-3H3,(H,16,17). The number of carbonyl (C=O) groups excluding carboxylic acids is 1. The van der Waals surface area contributed by atoms with Crippen LogP contribution in [0.3, 0.4) is 0 Å². The molecule has 2 unspecified atom stereocenters. The summed E-state index contributed by atoms with van der Waals surface area (Å²) in [5.41, 5.74) is 2.07. The van der Waals surface area contributed by atoms with E-state index in [2.05, 4.69) is 5.32 Å². The molecule has 1 aliphatic carbocycles. The van der Waals surface area contributed by atoms with Crippen molar-refractivity contribution in [3.8, 4) is 0 Å². The molecule has 0 radical (unpaired) electrons. The minimum atomic E-state index is -4.74. The average molecular weight is 252 g/mol. The van der Waals surface area contributed by atoms with E-state index in [1.54, 1.807) is 0 Å². The van der Waals surface area contributed by atoms with Gasteiger partial charge in [-0.2, -0.15) is 13.2 Å². The lowest BCUT2D eigenvalue weighted by Crippen LogP contribution is -2.63. The van der Waals surface area contributed by atoms with Crippen molar-refractivity contribution in [1.29, 1.82) is 0 Å². The monoisotopic (exact) mass is 252 g/mol. The van der Waals surface area contributed by atoms with E-state index in [-0.39, 0.29) is 11.5 Å². The first-order chi connectivity index (χ1) is 7.48. The second kappa shape index (κ2) is 4.15. The Balaban J connectivity index is 2.73. The van der Waals surface area contributed by atoms with Crippen LogP contribution in [-0.2, 0) is 4.79 Å². The zero-order valence-corrected chi connectivity index (χ0v) is 10.3. The van der Waals surface area contributed by atoms with Gasteiger partial charge in [0.25, 0.3) is 0 Å². The number of alkyl halides is 3. The predicted molar refractivity (Wildman–Crippen MR) is 58.2 cm³/mol. The molecular formula is C11H19F3N2O. The van der Waals surface area contributed by atoms with Gasteiger partial charge in [-0.25, -0.2) is 0 Å². The van der Waals surface area contributed by atoms with Gasteiger partial charge >= 0.3 is 6.18 Å². The third kappa shape index (κ3) is 2.73. The minimum absolute atomic E-state index is 0.169. The van der Waals surface area contributed by atoms with E-state index in [1.165, 1.54) is 0 Å². The number of carbonyl (C=O) groups is 1.